The number of fused-ring (bicyclic) bond motifs is 2. The Bertz CT molecular complexity index is 526. The summed E-state index contributed by atoms with van der Waals surface area (Å²) in [6, 6.07) is 4.56. The molecule has 0 aromatic heterocycles. The highest BCUT2D eigenvalue weighted by atomic mass is 16.6. The molecular weight excluding hydrogens is 208 g/mol. The molecule has 1 N–H and O–H groups in total. The van der Waals surface area contributed by atoms with Crippen molar-refractivity contribution in [1.82, 2.24) is 0 Å². The Morgan fingerprint density at radius 2 is 2.25 bits per heavy atom. The summed E-state index contributed by atoms with van der Waals surface area (Å²) < 4.78 is 0. The molecule has 1 amide bonds. The molecule has 2 aliphatic rings. The molecule has 5 heteroatoms. The number of carbonyl (C=O) groups is 1. The number of anilines is 1. The third kappa shape index (κ3) is 0.925. The van der Waals surface area contributed by atoms with Gasteiger partial charge in [0.15, 0.2) is 0 Å². The van der Waals surface area contributed by atoms with Crippen LogP contribution in [0.2, 0.25) is 0 Å². The second-order valence-electron chi connectivity index (χ2n) is 4.52. The number of carbonyl (C=O) groups excluding carboxylic acids is 1. The van der Waals surface area contributed by atoms with E-state index in [1.165, 1.54) is 12.1 Å². The van der Waals surface area contributed by atoms with Crippen LogP contribution in [0, 0.1) is 16.0 Å². The second-order valence-corrected chi connectivity index (χ2v) is 4.52. The monoisotopic (exact) mass is 218 g/mol. The molecule has 82 valence electrons. The maximum atomic E-state index is 11.8. The van der Waals surface area contributed by atoms with E-state index in [1.807, 2.05) is 6.92 Å². The number of nitrogens with one attached hydrogen (secondary N) is 1. The lowest BCUT2D eigenvalue weighted by Crippen LogP contribution is -2.20. The molecule has 1 saturated carbocycles. The van der Waals surface area contributed by atoms with E-state index in [9.17, 15) is 14.9 Å². The van der Waals surface area contributed by atoms with Crippen LogP contribution in [0.3, 0.4) is 0 Å². The van der Waals surface area contributed by atoms with Gasteiger partial charge in [-0.05, 0) is 24.0 Å². The van der Waals surface area contributed by atoms with Gasteiger partial charge in [-0.2, -0.15) is 0 Å². The molecule has 1 aromatic rings. The highest BCUT2D eigenvalue weighted by Gasteiger charge is 2.62. The van der Waals surface area contributed by atoms with Crippen LogP contribution in [0.5, 0.6) is 0 Å². The Labute approximate surface area is 91.6 Å². The number of non-ortho nitro benzene ring substituents is 1. The number of nitro groups is 1. The Balaban J connectivity index is 2.17. The SMILES string of the molecule is CC1CC12C(=O)Nc1ccc([N+](=O)[O-])cc12. The molecule has 0 bridgehead atoms. The van der Waals surface area contributed by atoms with Crippen molar-refractivity contribution in [2.45, 2.75) is 18.8 Å². The molecule has 1 aliphatic heterocycles. The molecule has 0 saturated heterocycles. The molecule has 1 heterocycles. The Kier molecular flexibility index (Phi) is 1.52. The summed E-state index contributed by atoms with van der Waals surface area (Å²) in [5.41, 5.74) is 1.08. The molecule has 5 nitrogen and oxygen atoms in total. The summed E-state index contributed by atoms with van der Waals surface area (Å²) in [5, 5.41) is 13.5. The van der Waals surface area contributed by atoms with Gasteiger partial charge in [-0.25, -0.2) is 0 Å². The average molecular weight is 218 g/mol. The molecule has 1 aromatic carbocycles. The van der Waals surface area contributed by atoms with E-state index in [1.54, 1.807) is 6.07 Å². The van der Waals surface area contributed by atoms with E-state index >= 15 is 0 Å². The third-order valence-corrected chi connectivity index (χ3v) is 3.66. The lowest BCUT2D eigenvalue weighted by Gasteiger charge is -2.05. The zero-order chi connectivity index (χ0) is 11.5. The van der Waals surface area contributed by atoms with Crippen molar-refractivity contribution in [3.8, 4) is 0 Å². The standard InChI is InChI=1S/C11H10N2O3/c1-6-5-11(6)8-4-7(13(15)16)2-3-9(8)12-10(11)14/h2-4,6H,5H2,1H3,(H,12,14). The smallest absolute Gasteiger partial charge is 0.269 e. The minimum absolute atomic E-state index is 0.0181. The first-order valence-electron chi connectivity index (χ1n) is 5.16. The van der Waals surface area contributed by atoms with Gasteiger partial charge in [0.25, 0.3) is 5.69 Å². The van der Waals surface area contributed by atoms with Crippen LogP contribution in [0.1, 0.15) is 18.9 Å². The lowest BCUT2D eigenvalue weighted by molar-refractivity contribution is -0.384. The maximum Gasteiger partial charge on any atom is 0.269 e. The van der Waals surface area contributed by atoms with E-state index in [0.717, 1.165) is 17.7 Å². The van der Waals surface area contributed by atoms with E-state index in [4.69, 9.17) is 0 Å². The second kappa shape index (κ2) is 2.61. The van der Waals surface area contributed by atoms with Crippen molar-refractivity contribution in [1.29, 1.82) is 0 Å². The zero-order valence-electron chi connectivity index (χ0n) is 8.69. The molecule has 0 radical (unpaired) electrons. The summed E-state index contributed by atoms with van der Waals surface area (Å²) in [5.74, 6) is 0.256. The number of rotatable bonds is 1. The van der Waals surface area contributed by atoms with Crippen molar-refractivity contribution in [3.63, 3.8) is 0 Å². The van der Waals surface area contributed by atoms with Crippen molar-refractivity contribution >= 4 is 17.3 Å². The van der Waals surface area contributed by atoms with Gasteiger partial charge in [0, 0.05) is 17.8 Å². The van der Waals surface area contributed by atoms with Crippen LogP contribution in [0.4, 0.5) is 11.4 Å². The predicted molar refractivity (Wildman–Crippen MR) is 57.2 cm³/mol. The lowest BCUT2D eigenvalue weighted by atomic mass is 9.95. The van der Waals surface area contributed by atoms with Gasteiger partial charge in [-0.1, -0.05) is 6.92 Å². The van der Waals surface area contributed by atoms with Gasteiger partial charge < -0.3 is 5.32 Å². The number of hydrogen-bond acceptors (Lipinski definition) is 3. The van der Waals surface area contributed by atoms with Crippen molar-refractivity contribution in [2.24, 2.45) is 5.92 Å². The van der Waals surface area contributed by atoms with Gasteiger partial charge in [-0.15, -0.1) is 0 Å². The third-order valence-electron chi connectivity index (χ3n) is 3.66. The fourth-order valence-electron chi connectivity index (χ4n) is 2.60. The summed E-state index contributed by atoms with van der Waals surface area (Å²) in [7, 11) is 0. The molecule has 1 aliphatic carbocycles. The Morgan fingerprint density at radius 1 is 1.56 bits per heavy atom. The average Bonchev–Trinajstić information content (AvgIpc) is 2.83. The van der Waals surface area contributed by atoms with Gasteiger partial charge in [-0.3, -0.25) is 14.9 Å². The van der Waals surface area contributed by atoms with E-state index in [2.05, 4.69) is 5.32 Å². The number of nitrogens with zero attached hydrogens (tertiary/aromatic N) is 1. The summed E-state index contributed by atoms with van der Waals surface area (Å²) in [4.78, 5) is 22.1. The fourth-order valence-corrected chi connectivity index (χ4v) is 2.60. The zero-order valence-corrected chi connectivity index (χ0v) is 8.69. The molecule has 3 rings (SSSR count). The molecule has 1 fully saturated rings. The first-order chi connectivity index (χ1) is 7.55. The Morgan fingerprint density at radius 3 is 2.81 bits per heavy atom. The predicted octanol–water partition coefficient (Wildman–Crippen LogP) is 1.82. The fraction of sp³-hybridized carbons (Fsp3) is 0.364. The van der Waals surface area contributed by atoms with Crippen LogP contribution in [0.15, 0.2) is 18.2 Å². The molecular formula is C11H10N2O3. The van der Waals surface area contributed by atoms with Crippen LogP contribution < -0.4 is 5.32 Å². The number of hydrogen-bond donors (Lipinski definition) is 1. The number of nitro benzene ring substituents is 1. The first-order valence-corrected chi connectivity index (χ1v) is 5.16. The number of amides is 1. The van der Waals surface area contributed by atoms with Crippen LogP contribution in [0.25, 0.3) is 0 Å². The quantitative estimate of drug-likeness (QED) is 0.577. The van der Waals surface area contributed by atoms with E-state index in [0.29, 0.717) is 0 Å². The van der Waals surface area contributed by atoms with E-state index in [-0.39, 0.29) is 17.5 Å². The molecule has 16 heavy (non-hydrogen) atoms. The van der Waals surface area contributed by atoms with Gasteiger partial charge in [0.1, 0.15) is 0 Å². The van der Waals surface area contributed by atoms with Gasteiger partial charge in [0.2, 0.25) is 5.91 Å². The summed E-state index contributed by atoms with van der Waals surface area (Å²) in [6.07, 6.45) is 0.785. The van der Waals surface area contributed by atoms with Crippen molar-refractivity contribution < 1.29 is 9.72 Å². The minimum Gasteiger partial charge on any atom is -0.325 e. The van der Waals surface area contributed by atoms with Crippen molar-refractivity contribution in [2.75, 3.05) is 5.32 Å². The largest absolute Gasteiger partial charge is 0.325 e. The normalized spacial score (nSPS) is 30.1. The Hall–Kier alpha value is -1.91. The molecule has 2 unspecified atom stereocenters. The summed E-state index contributed by atoms with van der Waals surface area (Å²) >= 11 is 0. The molecule has 2 atom stereocenters. The van der Waals surface area contributed by atoms with E-state index < -0.39 is 10.3 Å². The van der Waals surface area contributed by atoms with Crippen LogP contribution in [-0.4, -0.2) is 10.8 Å². The van der Waals surface area contributed by atoms with Crippen LogP contribution >= 0.6 is 0 Å². The maximum absolute atomic E-state index is 11.8. The minimum atomic E-state index is -0.485. The number of benzene rings is 1. The summed E-state index contributed by atoms with van der Waals surface area (Å²) in [6.45, 7) is 1.99. The van der Waals surface area contributed by atoms with Gasteiger partial charge in [0.05, 0.1) is 10.3 Å². The topological polar surface area (TPSA) is 72.2 Å². The highest BCUT2D eigenvalue weighted by molar-refractivity contribution is 6.09. The molecule has 1 spiro atoms. The van der Waals surface area contributed by atoms with Crippen molar-refractivity contribution in [3.05, 3.63) is 33.9 Å². The van der Waals surface area contributed by atoms with Gasteiger partial charge >= 0.3 is 0 Å². The van der Waals surface area contributed by atoms with Crippen LogP contribution in [-0.2, 0) is 10.2 Å². The first kappa shape index (κ1) is 9.33. The highest BCUT2D eigenvalue weighted by Crippen LogP contribution is 2.60.